The Morgan fingerprint density at radius 1 is 1.33 bits per heavy atom. The molecule has 0 amide bonds. The molecule has 2 aromatic heterocycles. The van der Waals surface area contributed by atoms with E-state index in [1.54, 1.807) is 29.9 Å². The van der Waals surface area contributed by atoms with Crippen LogP contribution in [0.4, 0.5) is 0 Å². The van der Waals surface area contributed by atoms with Gasteiger partial charge >= 0.3 is 0 Å². The summed E-state index contributed by atoms with van der Waals surface area (Å²) in [5, 5.41) is 2.98. The normalized spacial score (nSPS) is 12.7. The predicted octanol–water partition coefficient (Wildman–Crippen LogP) is 1.48. The Morgan fingerprint density at radius 3 is 2.80 bits per heavy atom. The van der Waals surface area contributed by atoms with Gasteiger partial charge in [-0.25, -0.2) is 4.98 Å². The van der Waals surface area contributed by atoms with Gasteiger partial charge < -0.3 is 5.73 Å². The van der Waals surface area contributed by atoms with Gasteiger partial charge in [-0.1, -0.05) is 0 Å². The summed E-state index contributed by atoms with van der Waals surface area (Å²) in [4.78, 5) is 12.6. The van der Waals surface area contributed by atoms with Gasteiger partial charge in [0, 0.05) is 24.2 Å². The molecule has 0 spiro atoms. The first-order chi connectivity index (χ1) is 7.25. The second kappa shape index (κ2) is 4.46. The first-order valence-electron chi connectivity index (χ1n) is 4.68. The van der Waals surface area contributed by atoms with Crippen molar-refractivity contribution in [3.63, 3.8) is 0 Å². The van der Waals surface area contributed by atoms with Crippen LogP contribution in [0.25, 0.3) is 0 Å². The third kappa shape index (κ3) is 2.57. The van der Waals surface area contributed by atoms with Crippen LogP contribution >= 0.6 is 11.3 Å². The minimum atomic E-state index is -0.121. The molecule has 78 valence electrons. The number of nitrogens with two attached hydrogens (primary N) is 1. The van der Waals surface area contributed by atoms with Crippen LogP contribution < -0.4 is 5.73 Å². The van der Waals surface area contributed by atoms with E-state index >= 15 is 0 Å². The van der Waals surface area contributed by atoms with Crippen LogP contribution in [-0.2, 0) is 6.42 Å². The molecule has 0 bridgehead atoms. The fourth-order valence-electron chi connectivity index (χ4n) is 1.24. The molecule has 0 fully saturated rings. The molecule has 0 aromatic carbocycles. The molecular formula is C10H12N4S. The monoisotopic (exact) mass is 220 g/mol. The molecule has 0 aliphatic carbocycles. The molecule has 0 aliphatic heterocycles. The molecule has 2 aromatic rings. The Morgan fingerprint density at radius 2 is 2.20 bits per heavy atom. The zero-order valence-corrected chi connectivity index (χ0v) is 9.24. The van der Waals surface area contributed by atoms with Gasteiger partial charge in [0.15, 0.2) is 0 Å². The molecule has 0 saturated heterocycles. The first-order valence-corrected chi connectivity index (χ1v) is 5.56. The smallest absolute Gasteiger partial charge is 0.0944 e. The Hall–Kier alpha value is -1.33. The minimum absolute atomic E-state index is 0.121. The van der Waals surface area contributed by atoms with Crippen LogP contribution in [0.5, 0.6) is 0 Å². The van der Waals surface area contributed by atoms with E-state index in [9.17, 15) is 0 Å². The summed E-state index contributed by atoms with van der Waals surface area (Å²) in [5.74, 6) is 0. The maximum absolute atomic E-state index is 6.00. The molecule has 0 saturated carbocycles. The molecule has 4 nitrogen and oxygen atoms in total. The zero-order valence-electron chi connectivity index (χ0n) is 8.42. The average Bonchev–Trinajstić information content (AvgIpc) is 2.71. The average molecular weight is 220 g/mol. The predicted molar refractivity (Wildman–Crippen MR) is 59.5 cm³/mol. The van der Waals surface area contributed by atoms with Crippen LogP contribution in [0.3, 0.4) is 0 Å². The SMILES string of the molecule is Cc1cnc(C(N)Cc2nccs2)cn1. The van der Waals surface area contributed by atoms with Crippen LogP contribution in [0, 0.1) is 6.92 Å². The highest BCUT2D eigenvalue weighted by Gasteiger charge is 2.10. The largest absolute Gasteiger partial charge is 0.322 e. The number of aryl methyl sites for hydroxylation is 1. The molecular weight excluding hydrogens is 208 g/mol. The van der Waals surface area contributed by atoms with Gasteiger partial charge in [-0.15, -0.1) is 11.3 Å². The van der Waals surface area contributed by atoms with Crippen molar-refractivity contribution in [3.05, 3.63) is 40.4 Å². The fourth-order valence-corrected chi connectivity index (χ4v) is 1.92. The minimum Gasteiger partial charge on any atom is -0.322 e. The van der Waals surface area contributed by atoms with Gasteiger partial charge in [-0.2, -0.15) is 0 Å². The van der Waals surface area contributed by atoms with Gasteiger partial charge in [-0.05, 0) is 6.92 Å². The topological polar surface area (TPSA) is 64.7 Å². The summed E-state index contributed by atoms with van der Waals surface area (Å²) >= 11 is 1.61. The highest BCUT2D eigenvalue weighted by atomic mass is 32.1. The molecule has 0 aliphatic rings. The zero-order chi connectivity index (χ0) is 10.7. The summed E-state index contributed by atoms with van der Waals surface area (Å²) in [5.41, 5.74) is 7.72. The quantitative estimate of drug-likeness (QED) is 0.851. The maximum Gasteiger partial charge on any atom is 0.0944 e. The molecule has 2 heterocycles. The van der Waals surface area contributed by atoms with Gasteiger partial charge in [0.25, 0.3) is 0 Å². The summed E-state index contributed by atoms with van der Waals surface area (Å²) in [6.07, 6.45) is 5.97. The second-order valence-electron chi connectivity index (χ2n) is 3.32. The van der Waals surface area contributed by atoms with E-state index in [1.807, 2.05) is 12.3 Å². The summed E-state index contributed by atoms with van der Waals surface area (Å²) in [6.45, 7) is 1.91. The van der Waals surface area contributed by atoms with Gasteiger partial charge in [0.1, 0.15) is 0 Å². The van der Waals surface area contributed by atoms with Crippen molar-refractivity contribution in [2.75, 3.05) is 0 Å². The van der Waals surface area contributed by atoms with Crippen molar-refractivity contribution in [2.45, 2.75) is 19.4 Å². The van der Waals surface area contributed by atoms with Crippen molar-refractivity contribution < 1.29 is 0 Å². The maximum atomic E-state index is 6.00. The van der Waals surface area contributed by atoms with Gasteiger partial charge in [-0.3, -0.25) is 9.97 Å². The lowest BCUT2D eigenvalue weighted by Gasteiger charge is -2.08. The fraction of sp³-hybridized carbons (Fsp3) is 0.300. The molecule has 2 rings (SSSR count). The molecule has 1 atom stereocenters. The number of aromatic nitrogens is 3. The van der Waals surface area contributed by atoms with Crippen LogP contribution in [0.15, 0.2) is 24.0 Å². The lowest BCUT2D eigenvalue weighted by molar-refractivity contribution is 0.686. The van der Waals surface area contributed by atoms with Crippen LogP contribution in [-0.4, -0.2) is 15.0 Å². The molecule has 0 radical (unpaired) electrons. The molecule has 2 N–H and O–H groups in total. The number of hydrogen-bond donors (Lipinski definition) is 1. The van der Waals surface area contributed by atoms with Gasteiger partial charge in [0.2, 0.25) is 0 Å². The number of nitrogens with zero attached hydrogens (tertiary/aromatic N) is 3. The van der Waals surface area contributed by atoms with Crippen molar-refractivity contribution in [1.29, 1.82) is 0 Å². The Balaban J connectivity index is 2.08. The molecule has 15 heavy (non-hydrogen) atoms. The molecule has 5 heteroatoms. The van der Waals surface area contributed by atoms with E-state index < -0.39 is 0 Å². The van der Waals surface area contributed by atoms with Crippen LogP contribution in [0.2, 0.25) is 0 Å². The Bertz CT molecular complexity index is 409. The number of rotatable bonds is 3. The van der Waals surface area contributed by atoms with E-state index in [0.717, 1.165) is 22.8 Å². The summed E-state index contributed by atoms with van der Waals surface area (Å²) in [7, 11) is 0. The second-order valence-corrected chi connectivity index (χ2v) is 4.30. The van der Waals surface area contributed by atoms with Crippen LogP contribution in [0.1, 0.15) is 22.4 Å². The number of thiazole rings is 1. The lowest BCUT2D eigenvalue weighted by atomic mass is 10.1. The highest BCUT2D eigenvalue weighted by Crippen LogP contribution is 2.14. The van der Waals surface area contributed by atoms with E-state index in [-0.39, 0.29) is 6.04 Å². The van der Waals surface area contributed by atoms with E-state index in [1.165, 1.54) is 0 Å². The Labute approximate surface area is 92.2 Å². The molecule has 1 unspecified atom stereocenters. The lowest BCUT2D eigenvalue weighted by Crippen LogP contribution is -2.15. The standard InChI is InChI=1S/C10H12N4S/c1-7-5-14-9(6-13-7)8(11)4-10-12-2-3-15-10/h2-3,5-6,8H,4,11H2,1H3. The van der Waals surface area contributed by atoms with E-state index in [0.29, 0.717) is 0 Å². The Kier molecular flexibility index (Phi) is 3.03. The van der Waals surface area contributed by atoms with E-state index in [4.69, 9.17) is 5.73 Å². The van der Waals surface area contributed by atoms with Crippen molar-refractivity contribution in [2.24, 2.45) is 5.73 Å². The van der Waals surface area contributed by atoms with Gasteiger partial charge in [0.05, 0.1) is 28.6 Å². The first kappa shape index (κ1) is 10.2. The highest BCUT2D eigenvalue weighted by molar-refractivity contribution is 7.09. The van der Waals surface area contributed by atoms with Crippen molar-refractivity contribution in [1.82, 2.24) is 15.0 Å². The third-order valence-electron chi connectivity index (χ3n) is 2.06. The summed E-state index contributed by atoms with van der Waals surface area (Å²) in [6, 6.07) is -0.121. The third-order valence-corrected chi connectivity index (χ3v) is 2.86. The van der Waals surface area contributed by atoms with E-state index in [2.05, 4.69) is 15.0 Å². The summed E-state index contributed by atoms with van der Waals surface area (Å²) < 4.78 is 0. The van der Waals surface area contributed by atoms with Crippen molar-refractivity contribution >= 4 is 11.3 Å². The number of hydrogen-bond acceptors (Lipinski definition) is 5. The van der Waals surface area contributed by atoms with Crippen molar-refractivity contribution in [3.8, 4) is 0 Å².